The molecule has 0 heterocycles. The molecule has 1 atom stereocenters. The first kappa shape index (κ1) is 12.9. The molecule has 0 spiro atoms. The van der Waals surface area contributed by atoms with Crippen molar-refractivity contribution < 1.29 is 4.74 Å². The fourth-order valence-electron chi connectivity index (χ4n) is 1.71. The van der Waals surface area contributed by atoms with Crippen molar-refractivity contribution >= 4 is 20.8 Å². The molecule has 1 unspecified atom stereocenters. The van der Waals surface area contributed by atoms with E-state index in [-0.39, 0.29) is 0 Å². The molecule has 0 rings (SSSR count). The van der Waals surface area contributed by atoms with Gasteiger partial charge in [-0.15, -0.1) is 0 Å². The molecule has 0 aliphatic rings. The molecular formula is C9H22BrOP. The quantitative estimate of drug-likeness (QED) is 0.678. The van der Waals surface area contributed by atoms with Crippen molar-refractivity contribution in [1.29, 1.82) is 0 Å². The fraction of sp³-hybridized carbons (Fsp3) is 1.00. The zero-order chi connectivity index (χ0) is 9.85. The molecule has 0 radical (unpaired) electrons. The summed E-state index contributed by atoms with van der Waals surface area (Å²) >= 11 is 4.02. The van der Waals surface area contributed by atoms with Gasteiger partial charge in [0, 0.05) is 0 Å². The summed E-state index contributed by atoms with van der Waals surface area (Å²) in [6.45, 7) is 9.02. The molecule has 3 heteroatoms. The van der Waals surface area contributed by atoms with Crippen LogP contribution in [0.15, 0.2) is 0 Å². The summed E-state index contributed by atoms with van der Waals surface area (Å²) < 4.78 is 5.50. The standard InChI is InChI=1S/C9H22BrOP/c1-6-12(10,7-2,8-3)9(4)11-5/h9H,6-8H2,1-5H3. The molecule has 76 valence electrons. The van der Waals surface area contributed by atoms with Gasteiger partial charge in [0.15, 0.2) is 0 Å². The Hall–Kier alpha value is 0.870. The Bertz CT molecular complexity index is 134. The van der Waals surface area contributed by atoms with Gasteiger partial charge in [-0.2, -0.15) is 0 Å². The van der Waals surface area contributed by atoms with Gasteiger partial charge in [0.2, 0.25) is 0 Å². The number of methoxy groups -OCH3 is 1. The summed E-state index contributed by atoms with van der Waals surface area (Å²) in [4.78, 5) is 0. The Morgan fingerprint density at radius 2 is 1.50 bits per heavy atom. The molecule has 0 saturated carbocycles. The monoisotopic (exact) mass is 256 g/mol. The van der Waals surface area contributed by atoms with Crippen molar-refractivity contribution in [2.75, 3.05) is 25.6 Å². The van der Waals surface area contributed by atoms with Gasteiger partial charge in [-0.1, -0.05) is 0 Å². The van der Waals surface area contributed by atoms with E-state index in [2.05, 4.69) is 43.2 Å². The molecule has 1 nitrogen and oxygen atoms in total. The van der Waals surface area contributed by atoms with E-state index in [1.165, 1.54) is 18.5 Å². The minimum atomic E-state index is -1.70. The van der Waals surface area contributed by atoms with Gasteiger partial charge < -0.3 is 0 Å². The summed E-state index contributed by atoms with van der Waals surface area (Å²) in [5, 5.41) is -1.70. The van der Waals surface area contributed by atoms with Crippen molar-refractivity contribution in [3.63, 3.8) is 0 Å². The third-order valence-corrected chi connectivity index (χ3v) is 16.3. The molecule has 0 amide bonds. The van der Waals surface area contributed by atoms with Crippen molar-refractivity contribution in [1.82, 2.24) is 0 Å². The molecule has 12 heavy (non-hydrogen) atoms. The van der Waals surface area contributed by atoms with E-state index in [0.717, 1.165) is 0 Å². The first-order valence-corrected chi connectivity index (χ1v) is 9.60. The average molecular weight is 257 g/mol. The summed E-state index contributed by atoms with van der Waals surface area (Å²) in [6, 6.07) is 0. The third-order valence-electron chi connectivity index (χ3n) is 3.50. The Morgan fingerprint density at radius 3 is 1.58 bits per heavy atom. The first-order chi connectivity index (χ1) is 5.47. The van der Waals surface area contributed by atoms with Crippen molar-refractivity contribution in [2.45, 2.75) is 33.5 Å². The second-order valence-electron chi connectivity index (χ2n) is 3.46. The number of hydrogen-bond donors (Lipinski definition) is 0. The Morgan fingerprint density at radius 1 is 1.17 bits per heavy atom. The molecule has 0 bridgehead atoms. The van der Waals surface area contributed by atoms with Crippen LogP contribution in [-0.4, -0.2) is 31.4 Å². The van der Waals surface area contributed by atoms with Crippen molar-refractivity contribution in [2.24, 2.45) is 0 Å². The zero-order valence-electron chi connectivity index (χ0n) is 8.93. The fourth-order valence-corrected chi connectivity index (χ4v) is 5.62. The summed E-state index contributed by atoms with van der Waals surface area (Å²) in [6.07, 6.45) is 3.69. The summed E-state index contributed by atoms with van der Waals surface area (Å²) in [5.41, 5.74) is 0. The zero-order valence-corrected chi connectivity index (χ0v) is 11.4. The second kappa shape index (κ2) is 4.39. The van der Waals surface area contributed by atoms with Gasteiger partial charge >= 0.3 is 84.7 Å². The van der Waals surface area contributed by atoms with E-state index >= 15 is 0 Å². The minimum absolute atomic E-state index is 0.385. The summed E-state index contributed by atoms with van der Waals surface area (Å²) in [7, 11) is 1.81. The van der Waals surface area contributed by atoms with Gasteiger partial charge in [0.05, 0.1) is 0 Å². The van der Waals surface area contributed by atoms with E-state index < -0.39 is 5.31 Å². The van der Waals surface area contributed by atoms with Gasteiger partial charge in [0.1, 0.15) is 0 Å². The Balaban J connectivity index is 4.81. The van der Waals surface area contributed by atoms with Gasteiger partial charge in [-0.25, -0.2) is 0 Å². The normalized spacial score (nSPS) is 18.3. The molecule has 0 saturated heterocycles. The molecule has 0 aliphatic heterocycles. The predicted molar refractivity (Wildman–Crippen MR) is 63.9 cm³/mol. The van der Waals surface area contributed by atoms with Crippen LogP contribution >= 0.6 is 20.8 Å². The van der Waals surface area contributed by atoms with Gasteiger partial charge in [0.25, 0.3) is 0 Å². The maximum atomic E-state index is 5.50. The predicted octanol–water partition coefficient (Wildman–Crippen LogP) is 3.90. The third kappa shape index (κ3) is 2.02. The number of rotatable bonds is 5. The van der Waals surface area contributed by atoms with Gasteiger partial charge in [-0.3, -0.25) is 0 Å². The number of hydrogen-bond acceptors (Lipinski definition) is 1. The number of halogens is 1. The van der Waals surface area contributed by atoms with Crippen LogP contribution in [0.1, 0.15) is 27.7 Å². The van der Waals surface area contributed by atoms with Crippen LogP contribution in [0.25, 0.3) is 0 Å². The molecule has 0 aromatic heterocycles. The number of ether oxygens (including phenoxy) is 1. The van der Waals surface area contributed by atoms with Crippen LogP contribution in [0.4, 0.5) is 0 Å². The average Bonchev–Trinajstić information content (AvgIpc) is 2.16. The van der Waals surface area contributed by atoms with Crippen LogP contribution in [0.2, 0.25) is 0 Å². The van der Waals surface area contributed by atoms with Crippen LogP contribution < -0.4 is 0 Å². The Kier molecular flexibility index (Phi) is 4.71. The second-order valence-corrected chi connectivity index (χ2v) is 15.2. The molecular weight excluding hydrogens is 235 g/mol. The van der Waals surface area contributed by atoms with E-state index in [4.69, 9.17) is 4.74 Å². The van der Waals surface area contributed by atoms with Crippen molar-refractivity contribution in [3.05, 3.63) is 0 Å². The van der Waals surface area contributed by atoms with Crippen LogP contribution in [-0.2, 0) is 4.74 Å². The molecule has 0 aliphatic carbocycles. The maximum absolute atomic E-state index is 5.50. The van der Waals surface area contributed by atoms with Gasteiger partial charge in [-0.05, 0) is 0 Å². The van der Waals surface area contributed by atoms with E-state index in [1.807, 2.05) is 7.11 Å². The first-order valence-electron chi connectivity index (χ1n) is 4.72. The molecule has 0 aromatic carbocycles. The SMILES string of the molecule is CCP(Br)(CC)(CC)C(C)OC. The Labute approximate surface area is 84.9 Å². The molecule has 0 fully saturated rings. The van der Waals surface area contributed by atoms with E-state index in [0.29, 0.717) is 5.85 Å². The topological polar surface area (TPSA) is 9.23 Å². The van der Waals surface area contributed by atoms with Crippen LogP contribution in [0, 0.1) is 0 Å². The van der Waals surface area contributed by atoms with E-state index in [1.54, 1.807) is 0 Å². The van der Waals surface area contributed by atoms with Crippen molar-refractivity contribution in [3.8, 4) is 0 Å². The van der Waals surface area contributed by atoms with Crippen LogP contribution in [0.5, 0.6) is 0 Å². The van der Waals surface area contributed by atoms with Crippen LogP contribution in [0.3, 0.4) is 0 Å². The van der Waals surface area contributed by atoms with E-state index in [9.17, 15) is 0 Å². The molecule has 0 N–H and O–H groups in total. The molecule has 0 aromatic rings. The summed E-state index contributed by atoms with van der Waals surface area (Å²) in [5.74, 6) is 0.385.